The SMILES string of the molecule is COc1ccc(C(=O)c2c(C)cc(C)cc2C)c(F)c1. The molecule has 0 radical (unpaired) electrons. The van der Waals surface area contributed by atoms with Crippen molar-refractivity contribution in [2.45, 2.75) is 20.8 Å². The summed E-state index contributed by atoms with van der Waals surface area (Å²) in [7, 11) is 1.46. The zero-order valence-corrected chi connectivity index (χ0v) is 12.1. The molecule has 0 aliphatic rings. The molecule has 0 saturated carbocycles. The van der Waals surface area contributed by atoms with Crippen molar-refractivity contribution in [3.8, 4) is 5.75 Å². The summed E-state index contributed by atoms with van der Waals surface area (Å²) in [6.45, 7) is 5.71. The van der Waals surface area contributed by atoms with E-state index in [4.69, 9.17) is 4.74 Å². The highest BCUT2D eigenvalue weighted by atomic mass is 19.1. The van der Waals surface area contributed by atoms with Crippen LogP contribution in [0.25, 0.3) is 0 Å². The van der Waals surface area contributed by atoms with Gasteiger partial charge in [0.25, 0.3) is 0 Å². The van der Waals surface area contributed by atoms with Crippen LogP contribution in [0.2, 0.25) is 0 Å². The lowest BCUT2D eigenvalue weighted by Crippen LogP contribution is -2.09. The minimum Gasteiger partial charge on any atom is -0.497 e. The van der Waals surface area contributed by atoms with E-state index >= 15 is 0 Å². The zero-order chi connectivity index (χ0) is 14.9. The van der Waals surface area contributed by atoms with Crippen LogP contribution in [0, 0.1) is 26.6 Å². The molecular formula is C17H17FO2. The van der Waals surface area contributed by atoms with E-state index in [2.05, 4.69) is 0 Å². The molecule has 2 aromatic rings. The van der Waals surface area contributed by atoms with Crippen molar-refractivity contribution in [3.63, 3.8) is 0 Å². The fraction of sp³-hybridized carbons (Fsp3) is 0.235. The molecule has 2 rings (SSSR count). The summed E-state index contributed by atoms with van der Waals surface area (Å²) in [5.41, 5.74) is 3.46. The maximum atomic E-state index is 14.0. The summed E-state index contributed by atoms with van der Waals surface area (Å²) >= 11 is 0. The fourth-order valence-electron chi connectivity index (χ4n) is 2.48. The number of halogens is 1. The number of hydrogen-bond acceptors (Lipinski definition) is 2. The molecule has 0 aliphatic heterocycles. The standard InChI is InChI=1S/C17H17FO2/c1-10-7-11(2)16(12(3)8-10)17(19)14-6-5-13(20-4)9-15(14)18/h5-9H,1-4H3. The van der Waals surface area contributed by atoms with Crippen molar-refractivity contribution in [3.05, 3.63) is 64.0 Å². The van der Waals surface area contributed by atoms with Crippen LogP contribution in [0.1, 0.15) is 32.6 Å². The van der Waals surface area contributed by atoms with Crippen molar-refractivity contribution in [2.75, 3.05) is 7.11 Å². The van der Waals surface area contributed by atoms with Crippen molar-refractivity contribution < 1.29 is 13.9 Å². The maximum Gasteiger partial charge on any atom is 0.196 e. The highest BCUT2D eigenvalue weighted by Crippen LogP contribution is 2.23. The second-order valence-corrected chi connectivity index (χ2v) is 4.95. The van der Waals surface area contributed by atoms with Crippen LogP contribution in [0.4, 0.5) is 4.39 Å². The van der Waals surface area contributed by atoms with Crippen LogP contribution < -0.4 is 4.74 Å². The first-order valence-corrected chi connectivity index (χ1v) is 6.40. The largest absolute Gasteiger partial charge is 0.497 e. The summed E-state index contributed by atoms with van der Waals surface area (Å²) in [6, 6.07) is 8.15. The number of aryl methyl sites for hydroxylation is 3. The van der Waals surface area contributed by atoms with Crippen molar-refractivity contribution in [1.29, 1.82) is 0 Å². The summed E-state index contributed by atoms with van der Waals surface area (Å²) in [5, 5.41) is 0. The van der Waals surface area contributed by atoms with Crippen molar-refractivity contribution in [1.82, 2.24) is 0 Å². The van der Waals surface area contributed by atoms with Gasteiger partial charge in [-0.25, -0.2) is 4.39 Å². The lowest BCUT2D eigenvalue weighted by molar-refractivity contribution is 0.103. The number of rotatable bonds is 3. The van der Waals surface area contributed by atoms with Gasteiger partial charge in [-0.3, -0.25) is 4.79 Å². The Morgan fingerprint density at radius 2 is 1.65 bits per heavy atom. The maximum absolute atomic E-state index is 14.0. The van der Waals surface area contributed by atoms with E-state index in [1.165, 1.54) is 19.2 Å². The van der Waals surface area contributed by atoms with Crippen LogP contribution in [0.15, 0.2) is 30.3 Å². The Hall–Kier alpha value is -2.16. The van der Waals surface area contributed by atoms with E-state index in [0.717, 1.165) is 16.7 Å². The topological polar surface area (TPSA) is 26.3 Å². The Morgan fingerprint density at radius 3 is 2.15 bits per heavy atom. The fourth-order valence-corrected chi connectivity index (χ4v) is 2.48. The lowest BCUT2D eigenvalue weighted by atomic mass is 9.93. The molecule has 0 amide bonds. The van der Waals surface area contributed by atoms with E-state index in [-0.39, 0.29) is 11.3 Å². The molecule has 20 heavy (non-hydrogen) atoms. The van der Waals surface area contributed by atoms with Gasteiger partial charge in [0.15, 0.2) is 5.78 Å². The van der Waals surface area contributed by atoms with E-state index in [1.54, 1.807) is 6.07 Å². The van der Waals surface area contributed by atoms with Gasteiger partial charge >= 0.3 is 0 Å². The number of carbonyl (C=O) groups excluding carboxylic acids is 1. The van der Waals surface area contributed by atoms with Crippen LogP contribution in [-0.4, -0.2) is 12.9 Å². The summed E-state index contributed by atoms with van der Waals surface area (Å²) < 4.78 is 19.0. The Balaban J connectivity index is 2.52. The third kappa shape index (κ3) is 2.57. The van der Waals surface area contributed by atoms with E-state index in [9.17, 15) is 9.18 Å². The molecule has 0 atom stereocenters. The van der Waals surface area contributed by atoms with Gasteiger partial charge in [-0.2, -0.15) is 0 Å². The Bertz CT molecular complexity index is 652. The van der Waals surface area contributed by atoms with E-state index in [1.807, 2.05) is 32.9 Å². The molecule has 0 bridgehead atoms. The second kappa shape index (κ2) is 5.45. The number of carbonyl (C=O) groups is 1. The Labute approximate surface area is 118 Å². The molecule has 0 aromatic heterocycles. The predicted molar refractivity (Wildman–Crippen MR) is 77.0 cm³/mol. The molecule has 0 unspecified atom stereocenters. The van der Waals surface area contributed by atoms with Crippen molar-refractivity contribution >= 4 is 5.78 Å². The molecule has 0 saturated heterocycles. The highest BCUT2D eigenvalue weighted by Gasteiger charge is 2.18. The molecule has 3 heteroatoms. The second-order valence-electron chi connectivity index (χ2n) is 4.95. The zero-order valence-electron chi connectivity index (χ0n) is 12.1. The molecule has 2 nitrogen and oxygen atoms in total. The van der Waals surface area contributed by atoms with Gasteiger partial charge in [0.1, 0.15) is 11.6 Å². The van der Waals surface area contributed by atoms with Gasteiger partial charge in [0.05, 0.1) is 12.7 Å². The number of hydrogen-bond donors (Lipinski definition) is 0. The number of methoxy groups -OCH3 is 1. The van der Waals surface area contributed by atoms with Crippen molar-refractivity contribution in [2.24, 2.45) is 0 Å². The molecule has 104 valence electrons. The smallest absolute Gasteiger partial charge is 0.196 e. The first-order valence-electron chi connectivity index (χ1n) is 6.40. The molecular weight excluding hydrogens is 255 g/mol. The third-order valence-corrected chi connectivity index (χ3v) is 3.32. The summed E-state index contributed by atoms with van der Waals surface area (Å²) in [4.78, 5) is 12.5. The Kier molecular flexibility index (Phi) is 3.89. The molecule has 0 fully saturated rings. The monoisotopic (exact) mass is 272 g/mol. The quantitative estimate of drug-likeness (QED) is 0.790. The average Bonchev–Trinajstić information content (AvgIpc) is 2.37. The summed E-state index contributed by atoms with van der Waals surface area (Å²) in [5.74, 6) is -0.453. The van der Waals surface area contributed by atoms with Crippen LogP contribution in [0.3, 0.4) is 0 Å². The number of benzene rings is 2. The number of ether oxygens (including phenoxy) is 1. The predicted octanol–water partition coefficient (Wildman–Crippen LogP) is 3.99. The minimum absolute atomic E-state index is 0.0702. The lowest BCUT2D eigenvalue weighted by Gasteiger charge is -2.11. The Morgan fingerprint density at radius 1 is 1.05 bits per heavy atom. The molecule has 2 aromatic carbocycles. The average molecular weight is 272 g/mol. The molecule has 0 N–H and O–H groups in total. The van der Waals surface area contributed by atoms with Crippen LogP contribution in [-0.2, 0) is 0 Å². The van der Waals surface area contributed by atoms with Crippen LogP contribution >= 0.6 is 0 Å². The molecule has 0 spiro atoms. The van der Waals surface area contributed by atoms with Gasteiger partial charge in [-0.15, -0.1) is 0 Å². The van der Waals surface area contributed by atoms with Gasteiger partial charge in [0, 0.05) is 11.6 Å². The van der Waals surface area contributed by atoms with Gasteiger partial charge < -0.3 is 4.74 Å². The van der Waals surface area contributed by atoms with Gasteiger partial charge in [0.2, 0.25) is 0 Å². The first-order chi connectivity index (χ1) is 9.43. The highest BCUT2D eigenvalue weighted by molar-refractivity contribution is 6.11. The normalized spacial score (nSPS) is 10.4. The van der Waals surface area contributed by atoms with Gasteiger partial charge in [-0.1, -0.05) is 17.7 Å². The number of ketones is 1. The van der Waals surface area contributed by atoms with E-state index in [0.29, 0.717) is 11.3 Å². The minimum atomic E-state index is -0.561. The van der Waals surface area contributed by atoms with E-state index < -0.39 is 5.82 Å². The van der Waals surface area contributed by atoms with Gasteiger partial charge in [-0.05, 0) is 44.0 Å². The van der Waals surface area contributed by atoms with Crippen LogP contribution in [0.5, 0.6) is 5.75 Å². The molecule has 0 aliphatic carbocycles. The summed E-state index contributed by atoms with van der Waals surface area (Å²) in [6.07, 6.45) is 0. The first kappa shape index (κ1) is 14.3. The molecule has 0 heterocycles. The third-order valence-electron chi connectivity index (χ3n) is 3.32.